The average Bonchev–Trinajstić information content (AvgIpc) is 3.07. The van der Waals surface area contributed by atoms with E-state index in [1.165, 1.54) is 0 Å². The molecule has 0 aromatic heterocycles. The minimum Gasteiger partial charge on any atom is -0.508 e. The van der Waals surface area contributed by atoms with Crippen molar-refractivity contribution >= 4 is 5.97 Å². The molecular weight excluding hydrogens is 608 g/mol. The zero-order valence-electron chi connectivity index (χ0n) is 28.5. The molecule has 8 heteroatoms. The molecule has 2 unspecified atom stereocenters. The SMILES string of the molecule is C=CC(=O)OCC(O)COc1ccc(C(C)(C)c2ccc(OC(C)(C)C(O)Oc3ccc(C(C)(C)c4ccc(O)cc4)cc3)cc2)cc1. The maximum absolute atomic E-state index is 11.2. The lowest BCUT2D eigenvalue weighted by atomic mass is 9.78. The molecule has 0 bridgehead atoms. The van der Waals surface area contributed by atoms with Gasteiger partial charge in [0.05, 0.1) is 0 Å². The highest BCUT2D eigenvalue weighted by Gasteiger charge is 2.33. The first-order valence-electron chi connectivity index (χ1n) is 15.9. The van der Waals surface area contributed by atoms with Crippen LogP contribution in [0.25, 0.3) is 0 Å². The molecule has 0 heterocycles. The molecule has 0 radical (unpaired) electrons. The third-order valence-corrected chi connectivity index (χ3v) is 8.57. The lowest BCUT2D eigenvalue weighted by Crippen LogP contribution is -2.45. The molecule has 0 fully saturated rings. The van der Waals surface area contributed by atoms with Crippen LogP contribution in [0, 0.1) is 0 Å². The largest absolute Gasteiger partial charge is 0.508 e. The Morgan fingerprint density at radius 2 is 1.08 bits per heavy atom. The smallest absolute Gasteiger partial charge is 0.330 e. The minimum absolute atomic E-state index is 0.0165. The Kier molecular flexibility index (Phi) is 11.2. The number of carbonyl (C=O) groups excluding carboxylic acids is 1. The van der Waals surface area contributed by atoms with Crippen molar-refractivity contribution in [3.8, 4) is 23.0 Å². The Hall–Kier alpha value is -4.79. The topological polar surface area (TPSA) is 115 Å². The number of hydrogen-bond donors (Lipinski definition) is 3. The molecule has 4 aromatic rings. The Bertz CT molecular complexity index is 1640. The molecule has 0 saturated carbocycles. The van der Waals surface area contributed by atoms with Crippen molar-refractivity contribution in [2.75, 3.05) is 13.2 Å². The first-order chi connectivity index (χ1) is 22.6. The van der Waals surface area contributed by atoms with Gasteiger partial charge in [-0.1, -0.05) is 82.8 Å². The summed E-state index contributed by atoms with van der Waals surface area (Å²) in [7, 11) is 0. The molecule has 0 aliphatic heterocycles. The molecule has 0 aliphatic rings. The Balaban J connectivity index is 1.33. The van der Waals surface area contributed by atoms with E-state index in [2.05, 4.69) is 34.3 Å². The second kappa shape index (κ2) is 15.0. The molecule has 4 rings (SSSR count). The number of carbonyl (C=O) groups is 1. The van der Waals surface area contributed by atoms with E-state index < -0.39 is 24.0 Å². The van der Waals surface area contributed by atoms with Crippen LogP contribution in [0.5, 0.6) is 23.0 Å². The van der Waals surface area contributed by atoms with E-state index in [1.54, 1.807) is 26.0 Å². The van der Waals surface area contributed by atoms with Gasteiger partial charge in [0.25, 0.3) is 0 Å². The van der Waals surface area contributed by atoms with E-state index in [-0.39, 0.29) is 29.8 Å². The molecule has 48 heavy (non-hydrogen) atoms. The summed E-state index contributed by atoms with van der Waals surface area (Å²) in [6.07, 6.45) is -1.15. The summed E-state index contributed by atoms with van der Waals surface area (Å²) >= 11 is 0. The van der Waals surface area contributed by atoms with Crippen LogP contribution in [-0.2, 0) is 20.4 Å². The lowest BCUT2D eigenvalue weighted by Gasteiger charge is -2.32. The number of esters is 1. The van der Waals surface area contributed by atoms with Crippen LogP contribution in [0.15, 0.2) is 110 Å². The molecule has 0 aliphatic carbocycles. The maximum atomic E-state index is 11.2. The summed E-state index contributed by atoms with van der Waals surface area (Å²) in [6.45, 7) is 15.1. The zero-order chi connectivity index (χ0) is 35.1. The van der Waals surface area contributed by atoms with Crippen LogP contribution < -0.4 is 14.2 Å². The fourth-order valence-electron chi connectivity index (χ4n) is 5.17. The molecular formula is C40H46O8. The molecule has 0 spiro atoms. The Morgan fingerprint density at radius 3 is 1.54 bits per heavy atom. The van der Waals surface area contributed by atoms with E-state index in [0.717, 1.165) is 28.3 Å². The first-order valence-corrected chi connectivity index (χ1v) is 15.9. The van der Waals surface area contributed by atoms with Crippen LogP contribution in [0.4, 0.5) is 0 Å². The average molecular weight is 655 g/mol. The zero-order valence-corrected chi connectivity index (χ0v) is 28.5. The van der Waals surface area contributed by atoms with Crippen molar-refractivity contribution in [2.24, 2.45) is 0 Å². The van der Waals surface area contributed by atoms with Gasteiger partial charge in [-0.2, -0.15) is 0 Å². The number of ether oxygens (including phenoxy) is 4. The molecule has 2 atom stereocenters. The van der Waals surface area contributed by atoms with Crippen LogP contribution >= 0.6 is 0 Å². The van der Waals surface area contributed by atoms with Crippen LogP contribution in [0.2, 0.25) is 0 Å². The van der Waals surface area contributed by atoms with E-state index in [4.69, 9.17) is 18.9 Å². The highest BCUT2D eigenvalue weighted by molar-refractivity contribution is 5.81. The number of aliphatic hydroxyl groups is 2. The van der Waals surface area contributed by atoms with Crippen LogP contribution in [0.1, 0.15) is 63.8 Å². The first kappa shape index (κ1) is 36.1. The fraction of sp³-hybridized carbons (Fsp3) is 0.325. The van der Waals surface area contributed by atoms with Crippen molar-refractivity contribution in [1.82, 2.24) is 0 Å². The standard InChI is InChI=1S/C40H46O8/c1-8-36(43)46-26-32(42)25-45-33-19-11-28(12-20-33)39(4,5)30-15-23-35(24-16-30)48-40(6,7)37(44)47-34-21-13-29(14-22-34)38(2,3)27-9-17-31(41)18-10-27/h8-24,32,37,41-42,44H,1,25-26H2,2-7H3. The van der Waals surface area contributed by atoms with Crippen molar-refractivity contribution in [1.29, 1.82) is 0 Å². The van der Waals surface area contributed by atoms with Gasteiger partial charge < -0.3 is 34.3 Å². The number of benzene rings is 4. The number of phenolic OH excluding ortho intramolecular Hbond substituents is 1. The highest BCUT2D eigenvalue weighted by atomic mass is 16.6. The second-order valence-electron chi connectivity index (χ2n) is 13.3. The number of aromatic hydroxyl groups is 1. The number of phenols is 1. The number of rotatable bonds is 15. The summed E-state index contributed by atoms with van der Waals surface area (Å²) in [5, 5.41) is 30.6. The Labute approximate surface area is 283 Å². The van der Waals surface area contributed by atoms with Gasteiger partial charge in [0.1, 0.15) is 42.3 Å². The summed E-state index contributed by atoms with van der Waals surface area (Å²) in [6, 6.07) is 30.2. The Morgan fingerprint density at radius 1 is 0.667 bits per heavy atom. The lowest BCUT2D eigenvalue weighted by molar-refractivity contribution is -0.141. The molecule has 4 aromatic carbocycles. The van der Waals surface area contributed by atoms with Gasteiger partial charge in [-0.25, -0.2) is 4.79 Å². The third kappa shape index (κ3) is 8.97. The van der Waals surface area contributed by atoms with Gasteiger partial charge in [0.15, 0.2) is 5.60 Å². The van der Waals surface area contributed by atoms with Crippen molar-refractivity contribution in [2.45, 2.75) is 70.4 Å². The van der Waals surface area contributed by atoms with Crippen LogP contribution in [0.3, 0.4) is 0 Å². The van der Waals surface area contributed by atoms with Crippen molar-refractivity contribution in [3.05, 3.63) is 132 Å². The summed E-state index contributed by atoms with van der Waals surface area (Å²) in [5.41, 5.74) is 2.58. The monoisotopic (exact) mass is 654 g/mol. The van der Waals surface area contributed by atoms with E-state index >= 15 is 0 Å². The molecule has 254 valence electrons. The van der Waals surface area contributed by atoms with E-state index in [0.29, 0.717) is 17.2 Å². The predicted octanol–water partition coefficient (Wildman–Crippen LogP) is 7.07. The second-order valence-corrected chi connectivity index (χ2v) is 13.3. The van der Waals surface area contributed by atoms with Gasteiger partial charge >= 0.3 is 5.97 Å². The quantitative estimate of drug-likeness (QED) is 0.0709. The van der Waals surface area contributed by atoms with Gasteiger partial charge in [0.2, 0.25) is 6.29 Å². The van der Waals surface area contributed by atoms with E-state index in [1.807, 2.05) is 84.9 Å². The van der Waals surface area contributed by atoms with Gasteiger partial charge in [-0.3, -0.25) is 0 Å². The molecule has 0 saturated heterocycles. The summed E-state index contributed by atoms with van der Waals surface area (Å²) in [4.78, 5) is 11.2. The summed E-state index contributed by atoms with van der Waals surface area (Å²) < 4.78 is 22.6. The van der Waals surface area contributed by atoms with Gasteiger partial charge in [-0.05, 0) is 84.6 Å². The van der Waals surface area contributed by atoms with Crippen LogP contribution in [-0.4, -0.2) is 52.5 Å². The predicted molar refractivity (Wildman–Crippen MR) is 186 cm³/mol. The van der Waals surface area contributed by atoms with Crippen molar-refractivity contribution < 1.29 is 39.1 Å². The van der Waals surface area contributed by atoms with Gasteiger partial charge in [0, 0.05) is 16.9 Å². The fourth-order valence-corrected chi connectivity index (χ4v) is 5.17. The molecule has 3 N–H and O–H groups in total. The summed E-state index contributed by atoms with van der Waals surface area (Å²) in [5.74, 6) is 1.33. The van der Waals surface area contributed by atoms with E-state index in [9.17, 15) is 20.1 Å². The molecule has 0 amide bonds. The highest BCUT2D eigenvalue weighted by Crippen LogP contribution is 2.35. The third-order valence-electron chi connectivity index (χ3n) is 8.57. The van der Waals surface area contributed by atoms with Crippen molar-refractivity contribution in [3.63, 3.8) is 0 Å². The normalized spacial score (nSPS) is 13.2. The molecule has 8 nitrogen and oxygen atoms in total. The maximum Gasteiger partial charge on any atom is 0.330 e. The number of aliphatic hydroxyl groups excluding tert-OH is 2. The number of hydrogen-bond acceptors (Lipinski definition) is 8. The van der Waals surface area contributed by atoms with Gasteiger partial charge in [-0.15, -0.1) is 0 Å². The minimum atomic E-state index is -1.24.